The number of halogens is 2. The van der Waals surface area contributed by atoms with Gasteiger partial charge in [0.05, 0.1) is 12.4 Å². The van der Waals surface area contributed by atoms with Gasteiger partial charge in [0.2, 0.25) is 5.91 Å². The number of hydrogen-bond donors (Lipinski definition) is 2. The van der Waals surface area contributed by atoms with Crippen LogP contribution in [0.5, 0.6) is 0 Å². The van der Waals surface area contributed by atoms with E-state index in [1.165, 1.54) is 6.07 Å². The minimum absolute atomic E-state index is 0.0209. The number of aryl methyl sites for hydroxylation is 2. The lowest BCUT2D eigenvalue weighted by Crippen LogP contribution is -2.48. The van der Waals surface area contributed by atoms with E-state index in [2.05, 4.69) is 22.5 Å². The molecule has 2 aromatic rings. The predicted octanol–water partition coefficient (Wildman–Crippen LogP) is 3.83. The fourth-order valence-electron chi connectivity index (χ4n) is 3.81. The third-order valence-corrected chi connectivity index (χ3v) is 5.16. The van der Waals surface area contributed by atoms with Crippen LogP contribution in [0.3, 0.4) is 0 Å². The van der Waals surface area contributed by atoms with Gasteiger partial charge in [-0.05, 0) is 49.3 Å². The lowest BCUT2D eigenvalue weighted by Gasteiger charge is -2.29. The van der Waals surface area contributed by atoms with E-state index < -0.39 is 11.6 Å². The van der Waals surface area contributed by atoms with Gasteiger partial charge in [-0.3, -0.25) is 4.79 Å². The number of amides is 1. The molecule has 2 N–H and O–H groups in total. The van der Waals surface area contributed by atoms with Crippen molar-refractivity contribution >= 4 is 11.7 Å². The highest BCUT2D eigenvalue weighted by atomic mass is 19.1. The summed E-state index contributed by atoms with van der Waals surface area (Å²) in [6.45, 7) is 4.96. The first-order valence-corrected chi connectivity index (χ1v) is 10.1. The lowest BCUT2D eigenvalue weighted by atomic mass is 9.87. The molecule has 1 aromatic heterocycles. The van der Waals surface area contributed by atoms with Crippen LogP contribution in [0.1, 0.15) is 50.7 Å². The van der Waals surface area contributed by atoms with Crippen LogP contribution >= 0.6 is 0 Å². The Kier molecular flexibility index (Phi) is 6.78. The summed E-state index contributed by atoms with van der Waals surface area (Å²) in [6, 6.07) is 1.95. The fraction of sp³-hybridized carbons (Fsp3) is 0.524. The number of anilines is 1. The summed E-state index contributed by atoms with van der Waals surface area (Å²) < 4.78 is 29.5. The number of rotatable bonds is 8. The largest absolute Gasteiger partial charge is 0.335 e. The maximum atomic E-state index is 14.1. The van der Waals surface area contributed by atoms with Crippen LogP contribution in [0, 0.1) is 11.6 Å². The number of hydrogen-bond acceptors (Lipinski definition) is 3. The molecule has 1 aromatic carbocycles. The second kappa shape index (κ2) is 9.28. The molecule has 0 fully saturated rings. The van der Waals surface area contributed by atoms with Crippen LogP contribution in [0.4, 0.5) is 14.6 Å². The number of carbonyl (C=O) groups is 1. The van der Waals surface area contributed by atoms with E-state index in [1.54, 1.807) is 6.33 Å². The zero-order valence-electron chi connectivity index (χ0n) is 16.5. The molecule has 0 bridgehead atoms. The summed E-state index contributed by atoms with van der Waals surface area (Å²) in [5, 5.41) is 6.26. The van der Waals surface area contributed by atoms with Gasteiger partial charge in [-0.15, -0.1) is 0 Å². The predicted molar refractivity (Wildman–Crippen MR) is 105 cm³/mol. The van der Waals surface area contributed by atoms with Crippen molar-refractivity contribution in [3.8, 4) is 0 Å². The molecule has 3 rings (SSSR count). The summed E-state index contributed by atoms with van der Waals surface area (Å²) in [4.78, 5) is 17.0. The molecule has 1 amide bonds. The van der Waals surface area contributed by atoms with E-state index in [9.17, 15) is 13.6 Å². The molecule has 152 valence electrons. The summed E-state index contributed by atoms with van der Waals surface area (Å²) in [5.41, 5.74) is 1.28. The summed E-state index contributed by atoms with van der Waals surface area (Å²) in [5.74, 6) is -0.626. The average Bonchev–Trinajstić information content (AvgIpc) is 3.09. The van der Waals surface area contributed by atoms with Crippen molar-refractivity contribution in [2.24, 2.45) is 0 Å². The van der Waals surface area contributed by atoms with E-state index >= 15 is 0 Å². The van der Waals surface area contributed by atoms with Crippen molar-refractivity contribution in [2.45, 2.75) is 71.0 Å². The van der Waals surface area contributed by atoms with Gasteiger partial charge < -0.3 is 15.2 Å². The smallest absolute Gasteiger partial charge is 0.242 e. The molecular formula is C21H28F2N4O. The van der Waals surface area contributed by atoms with E-state index in [0.29, 0.717) is 30.6 Å². The highest BCUT2D eigenvalue weighted by Gasteiger charge is 2.27. The Morgan fingerprint density at radius 1 is 1.32 bits per heavy atom. The van der Waals surface area contributed by atoms with Crippen molar-refractivity contribution < 1.29 is 13.6 Å². The van der Waals surface area contributed by atoms with Crippen LogP contribution in [0.15, 0.2) is 24.7 Å². The summed E-state index contributed by atoms with van der Waals surface area (Å²) in [6.07, 6.45) is 7.85. The van der Waals surface area contributed by atoms with Gasteiger partial charge in [0.1, 0.15) is 11.6 Å². The van der Waals surface area contributed by atoms with Crippen molar-refractivity contribution in [1.82, 2.24) is 14.9 Å². The maximum absolute atomic E-state index is 14.1. The van der Waals surface area contributed by atoms with Crippen LogP contribution in [0.25, 0.3) is 0 Å². The zero-order valence-corrected chi connectivity index (χ0v) is 16.5. The molecule has 0 aliphatic heterocycles. The molecule has 0 spiro atoms. The Bertz CT molecular complexity index is 821. The first-order chi connectivity index (χ1) is 13.5. The van der Waals surface area contributed by atoms with Crippen molar-refractivity contribution in [3.63, 3.8) is 0 Å². The van der Waals surface area contributed by atoms with E-state index in [-0.39, 0.29) is 18.0 Å². The molecule has 1 aliphatic rings. The number of fused-ring (bicyclic) bond motifs is 1. The molecule has 0 unspecified atom stereocenters. The van der Waals surface area contributed by atoms with E-state index in [4.69, 9.17) is 0 Å². The zero-order chi connectivity index (χ0) is 20.1. The second-order valence-electron chi connectivity index (χ2n) is 7.46. The number of nitrogens with one attached hydrogen (secondary N) is 2. The number of nitrogens with zero attached hydrogens (tertiary/aromatic N) is 2. The minimum Gasteiger partial charge on any atom is -0.335 e. The third kappa shape index (κ3) is 4.95. The summed E-state index contributed by atoms with van der Waals surface area (Å²) in [7, 11) is 0. The number of aromatic nitrogens is 2. The monoisotopic (exact) mass is 390 g/mol. The Labute approximate surface area is 164 Å². The number of carbonyl (C=O) groups excluding carboxylic acids is 1. The normalized spacial score (nSPS) is 17.2. The number of benzene rings is 1. The molecule has 28 heavy (non-hydrogen) atoms. The average molecular weight is 390 g/mol. The molecule has 7 heteroatoms. The minimum atomic E-state index is -0.534. The fourth-order valence-corrected chi connectivity index (χ4v) is 3.81. The molecular weight excluding hydrogens is 362 g/mol. The lowest BCUT2D eigenvalue weighted by molar-refractivity contribution is -0.118. The van der Waals surface area contributed by atoms with Gasteiger partial charge in [0.25, 0.3) is 0 Å². The Balaban J connectivity index is 1.64. The Morgan fingerprint density at radius 2 is 2.14 bits per heavy atom. The SMILES string of the molecule is CCC[C@H](N[C@H]1CCc2cc(F)cc(F)c2C1)C(=O)Nc1cn(CCC)cn1. The third-order valence-electron chi connectivity index (χ3n) is 5.16. The quantitative estimate of drug-likeness (QED) is 0.720. The van der Waals surface area contributed by atoms with Gasteiger partial charge in [-0.1, -0.05) is 20.3 Å². The maximum Gasteiger partial charge on any atom is 0.242 e. The van der Waals surface area contributed by atoms with Crippen LogP contribution in [-0.2, 0) is 24.2 Å². The first-order valence-electron chi connectivity index (χ1n) is 10.1. The molecule has 5 nitrogen and oxygen atoms in total. The highest BCUT2D eigenvalue weighted by molar-refractivity contribution is 5.94. The molecule has 0 radical (unpaired) electrons. The van der Waals surface area contributed by atoms with Crippen molar-refractivity contribution in [2.75, 3.05) is 5.32 Å². The van der Waals surface area contributed by atoms with Gasteiger partial charge in [0, 0.05) is 24.8 Å². The Hall–Kier alpha value is -2.28. The highest BCUT2D eigenvalue weighted by Crippen LogP contribution is 2.25. The molecule has 1 aliphatic carbocycles. The van der Waals surface area contributed by atoms with E-state index in [0.717, 1.165) is 37.4 Å². The molecule has 0 saturated carbocycles. The second-order valence-corrected chi connectivity index (χ2v) is 7.46. The van der Waals surface area contributed by atoms with Gasteiger partial charge in [0.15, 0.2) is 5.82 Å². The topological polar surface area (TPSA) is 59.0 Å². The Morgan fingerprint density at radius 3 is 2.89 bits per heavy atom. The standard InChI is InChI=1S/C21H28F2N4O/c1-3-5-19(21(28)26-20-12-27(8-4-2)13-24-20)25-16-7-6-14-9-15(22)10-18(23)17(14)11-16/h9-10,12-13,16,19,25H,3-8,11H2,1-2H3,(H,26,28)/t16-,19-/m0/s1. The van der Waals surface area contributed by atoms with E-state index in [1.807, 2.05) is 17.7 Å². The van der Waals surface area contributed by atoms with Crippen molar-refractivity contribution in [3.05, 3.63) is 47.4 Å². The molecule has 0 saturated heterocycles. The van der Waals surface area contributed by atoms with Crippen LogP contribution < -0.4 is 10.6 Å². The summed E-state index contributed by atoms with van der Waals surface area (Å²) >= 11 is 0. The number of imidazole rings is 1. The van der Waals surface area contributed by atoms with Crippen molar-refractivity contribution in [1.29, 1.82) is 0 Å². The van der Waals surface area contributed by atoms with Crippen LogP contribution in [0.2, 0.25) is 0 Å². The van der Waals surface area contributed by atoms with Gasteiger partial charge in [-0.25, -0.2) is 13.8 Å². The van der Waals surface area contributed by atoms with Gasteiger partial charge in [-0.2, -0.15) is 0 Å². The first kappa shape index (κ1) is 20.5. The molecule has 1 heterocycles. The molecule has 2 atom stereocenters. The van der Waals surface area contributed by atoms with Gasteiger partial charge >= 0.3 is 0 Å². The van der Waals surface area contributed by atoms with Crippen LogP contribution in [-0.4, -0.2) is 27.5 Å².